The van der Waals surface area contributed by atoms with Gasteiger partial charge in [-0.15, -0.1) is 0 Å². The van der Waals surface area contributed by atoms with Crippen LogP contribution in [0.15, 0.2) is 12.3 Å². The van der Waals surface area contributed by atoms with Crippen LogP contribution in [-0.2, 0) is 12.7 Å². The van der Waals surface area contributed by atoms with Crippen LogP contribution in [0.1, 0.15) is 33.4 Å². The Kier molecular flexibility index (Phi) is 4.42. The Morgan fingerprint density at radius 2 is 1.94 bits per heavy atom. The first-order chi connectivity index (χ1) is 8.10. The van der Waals surface area contributed by atoms with Gasteiger partial charge in [-0.25, -0.2) is 0 Å². The standard InChI is InChI=1S/C12H20F3N3/c1-9(2)16-7-11(3,4)8-18-6-5-10(17-18)12(13,14)15/h5-6,9,16H,7-8H2,1-4H3. The lowest BCUT2D eigenvalue weighted by molar-refractivity contribution is -0.141. The van der Waals surface area contributed by atoms with Crippen molar-refractivity contribution >= 4 is 0 Å². The van der Waals surface area contributed by atoms with Crippen molar-refractivity contribution in [1.29, 1.82) is 0 Å². The highest BCUT2D eigenvalue weighted by molar-refractivity contribution is 5.03. The van der Waals surface area contributed by atoms with Crippen LogP contribution in [0.2, 0.25) is 0 Å². The van der Waals surface area contributed by atoms with E-state index in [-0.39, 0.29) is 5.41 Å². The summed E-state index contributed by atoms with van der Waals surface area (Å²) in [5.74, 6) is 0. The molecule has 0 saturated heterocycles. The smallest absolute Gasteiger partial charge is 0.314 e. The quantitative estimate of drug-likeness (QED) is 0.885. The van der Waals surface area contributed by atoms with Gasteiger partial charge in [-0.05, 0) is 11.5 Å². The minimum absolute atomic E-state index is 0.154. The van der Waals surface area contributed by atoms with Gasteiger partial charge >= 0.3 is 6.18 Å². The van der Waals surface area contributed by atoms with Gasteiger partial charge in [-0.3, -0.25) is 4.68 Å². The highest BCUT2D eigenvalue weighted by Crippen LogP contribution is 2.28. The van der Waals surface area contributed by atoms with Crippen LogP contribution in [0, 0.1) is 5.41 Å². The first-order valence-electron chi connectivity index (χ1n) is 5.94. The molecule has 0 atom stereocenters. The van der Waals surface area contributed by atoms with Crippen molar-refractivity contribution in [3.05, 3.63) is 18.0 Å². The van der Waals surface area contributed by atoms with Gasteiger partial charge in [0.1, 0.15) is 0 Å². The average molecular weight is 263 g/mol. The minimum atomic E-state index is -4.37. The predicted octanol–water partition coefficient (Wildman–Crippen LogP) is 2.93. The van der Waals surface area contributed by atoms with E-state index in [4.69, 9.17) is 0 Å². The molecule has 0 spiro atoms. The number of nitrogens with zero attached hydrogens (tertiary/aromatic N) is 2. The van der Waals surface area contributed by atoms with Gasteiger partial charge in [-0.1, -0.05) is 27.7 Å². The summed E-state index contributed by atoms with van der Waals surface area (Å²) in [7, 11) is 0. The van der Waals surface area contributed by atoms with Crippen molar-refractivity contribution in [2.45, 2.75) is 46.5 Å². The normalized spacial score (nSPS) is 13.3. The molecule has 0 aliphatic rings. The maximum atomic E-state index is 12.4. The number of alkyl halides is 3. The summed E-state index contributed by atoms with van der Waals surface area (Å²) in [5.41, 5.74) is -0.991. The van der Waals surface area contributed by atoms with E-state index in [9.17, 15) is 13.2 Å². The topological polar surface area (TPSA) is 29.9 Å². The molecule has 0 bridgehead atoms. The van der Waals surface area contributed by atoms with E-state index < -0.39 is 11.9 Å². The Hall–Kier alpha value is -1.04. The number of rotatable bonds is 5. The van der Waals surface area contributed by atoms with Crippen LogP contribution in [0.3, 0.4) is 0 Å². The lowest BCUT2D eigenvalue weighted by Crippen LogP contribution is -2.36. The van der Waals surface area contributed by atoms with Crippen molar-refractivity contribution in [1.82, 2.24) is 15.1 Å². The lowest BCUT2D eigenvalue weighted by Gasteiger charge is -2.26. The Morgan fingerprint density at radius 1 is 1.33 bits per heavy atom. The van der Waals surface area contributed by atoms with Gasteiger partial charge in [0.25, 0.3) is 0 Å². The third-order valence-corrected chi connectivity index (χ3v) is 2.51. The summed E-state index contributed by atoms with van der Waals surface area (Å²) in [6, 6.07) is 1.36. The van der Waals surface area contributed by atoms with E-state index in [0.717, 1.165) is 12.6 Å². The number of nitrogens with one attached hydrogen (secondary N) is 1. The minimum Gasteiger partial charge on any atom is -0.314 e. The predicted molar refractivity (Wildman–Crippen MR) is 64.1 cm³/mol. The number of hydrogen-bond acceptors (Lipinski definition) is 2. The summed E-state index contributed by atoms with van der Waals surface area (Å²) in [5, 5.41) is 6.84. The van der Waals surface area contributed by atoms with Crippen molar-refractivity contribution in [2.24, 2.45) is 5.41 Å². The second kappa shape index (κ2) is 5.30. The molecule has 0 aliphatic carbocycles. The summed E-state index contributed by atoms with van der Waals surface area (Å²) in [6.45, 7) is 9.24. The van der Waals surface area contributed by atoms with Gasteiger partial charge in [0.05, 0.1) is 0 Å². The maximum Gasteiger partial charge on any atom is 0.435 e. The number of halogens is 3. The Bertz CT molecular complexity index is 380. The molecule has 0 aromatic carbocycles. The second-order valence-electron chi connectivity index (χ2n) is 5.60. The van der Waals surface area contributed by atoms with Crippen molar-refractivity contribution < 1.29 is 13.2 Å². The van der Waals surface area contributed by atoms with Gasteiger partial charge in [0, 0.05) is 25.3 Å². The van der Waals surface area contributed by atoms with E-state index >= 15 is 0 Å². The fourth-order valence-corrected chi connectivity index (χ4v) is 1.58. The molecule has 1 heterocycles. The molecule has 0 amide bonds. The molecular formula is C12H20F3N3. The van der Waals surface area contributed by atoms with Crippen molar-refractivity contribution in [3.63, 3.8) is 0 Å². The monoisotopic (exact) mass is 263 g/mol. The molecule has 0 saturated carbocycles. The van der Waals surface area contributed by atoms with Crippen molar-refractivity contribution in [2.75, 3.05) is 6.54 Å². The molecule has 0 aliphatic heterocycles. The van der Waals surface area contributed by atoms with Crippen LogP contribution in [0.25, 0.3) is 0 Å². The zero-order valence-corrected chi connectivity index (χ0v) is 11.2. The molecular weight excluding hydrogens is 243 g/mol. The molecule has 104 valence electrons. The summed E-state index contributed by atoms with van der Waals surface area (Å²) in [4.78, 5) is 0. The van der Waals surface area contributed by atoms with Gasteiger partial charge in [-0.2, -0.15) is 18.3 Å². The Morgan fingerprint density at radius 3 is 2.39 bits per heavy atom. The molecule has 0 radical (unpaired) electrons. The second-order valence-corrected chi connectivity index (χ2v) is 5.60. The molecule has 0 fully saturated rings. The van der Waals surface area contributed by atoms with Gasteiger partial charge in [0.2, 0.25) is 0 Å². The SMILES string of the molecule is CC(C)NCC(C)(C)Cn1ccc(C(F)(F)F)n1. The molecule has 1 rings (SSSR count). The molecule has 0 unspecified atom stereocenters. The van der Waals surface area contributed by atoms with E-state index in [0.29, 0.717) is 12.6 Å². The van der Waals surface area contributed by atoms with Gasteiger partial charge < -0.3 is 5.32 Å². The maximum absolute atomic E-state index is 12.4. The van der Waals surface area contributed by atoms with E-state index in [2.05, 4.69) is 10.4 Å². The highest BCUT2D eigenvalue weighted by atomic mass is 19.4. The fraction of sp³-hybridized carbons (Fsp3) is 0.750. The molecule has 1 aromatic rings. The van der Waals surface area contributed by atoms with Crippen LogP contribution >= 0.6 is 0 Å². The average Bonchev–Trinajstić information content (AvgIpc) is 2.62. The van der Waals surface area contributed by atoms with Crippen LogP contribution in [0.4, 0.5) is 13.2 Å². The Balaban J connectivity index is 2.64. The van der Waals surface area contributed by atoms with Crippen molar-refractivity contribution in [3.8, 4) is 0 Å². The molecule has 3 nitrogen and oxygen atoms in total. The number of aromatic nitrogens is 2. The van der Waals surface area contributed by atoms with E-state index in [1.165, 1.54) is 10.9 Å². The molecule has 18 heavy (non-hydrogen) atoms. The Labute approximate surface area is 105 Å². The third-order valence-electron chi connectivity index (χ3n) is 2.51. The first-order valence-corrected chi connectivity index (χ1v) is 5.94. The van der Waals surface area contributed by atoms with Gasteiger partial charge in [0.15, 0.2) is 5.69 Å². The largest absolute Gasteiger partial charge is 0.435 e. The van der Waals surface area contributed by atoms with Crippen LogP contribution in [0.5, 0.6) is 0 Å². The molecule has 6 heteroatoms. The summed E-state index contributed by atoms with van der Waals surface area (Å²) in [6.07, 6.45) is -2.99. The molecule has 1 aromatic heterocycles. The lowest BCUT2D eigenvalue weighted by atomic mass is 9.93. The van der Waals surface area contributed by atoms with Crippen LogP contribution < -0.4 is 5.32 Å². The highest BCUT2D eigenvalue weighted by Gasteiger charge is 2.34. The van der Waals surface area contributed by atoms with E-state index in [1.54, 1.807) is 0 Å². The number of hydrogen-bond donors (Lipinski definition) is 1. The van der Waals surface area contributed by atoms with Crippen LogP contribution in [-0.4, -0.2) is 22.4 Å². The summed E-state index contributed by atoms with van der Waals surface area (Å²) < 4.78 is 38.6. The zero-order valence-electron chi connectivity index (χ0n) is 11.2. The third kappa shape index (κ3) is 4.68. The molecule has 1 N–H and O–H groups in total. The first kappa shape index (κ1) is 15.0. The van der Waals surface area contributed by atoms with E-state index in [1.807, 2.05) is 27.7 Å². The fourth-order valence-electron chi connectivity index (χ4n) is 1.58. The zero-order chi connectivity index (χ0) is 14.0. The summed E-state index contributed by atoms with van der Waals surface area (Å²) >= 11 is 0.